The highest BCUT2D eigenvalue weighted by molar-refractivity contribution is 9.10. The predicted octanol–water partition coefficient (Wildman–Crippen LogP) is 3.92. The summed E-state index contributed by atoms with van der Waals surface area (Å²) in [6, 6.07) is 12.0. The van der Waals surface area contributed by atoms with Crippen LogP contribution in [0.3, 0.4) is 0 Å². The number of likely N-dealkylation sites (tertiary alicyclic amines) is 1. The third-order valence-corrected chi connectivity index (χ3v) is 6.46. The van der Waals surface area contributed by atoms with Crippen molar-refractivity contribution in [2.45, 2.75) is 19.4 Å². The summed E-state index contributed by atoms with van der Waals surface area (Å²) in [5, 5.41) is 6.89. The Morgan fingerprint density at radius 2 is 1.64 bits per heavy atom. The van der Waals surface area contributed by atoms with Crippen LogP contribution in [0, 0.1) is 5.92 Å². The van der Waals surface area contributed by atoms with E-state index in [0.29, 0.717) is 49.9 Å². The second-order valence-corrected chi connectivity index (χ2v) is 9.26. The van der Waals surface area contributed by atoms with Gasteiger partial charge < -0.3 is 19.3 Å². The van der Waals surface area contributed by atoms with Crippen LogP contribution in [0.2, 0.25) is 0 Å². The van der Waals surface area contributed by atoms with Crippen molar-refractivity contribution < 1.29 is 28.4 Å². The number of carbonyl (C=O) groups is 3. The molecule has 2 heterocycles. The maximum Gasteiger partial charge on any atom is 0.337 e. The van der Waals surface area contributed by atoms with Crippen molar-refractivity contribution >= 4 is 39.5 Å². The molecule has 36 heavy (non-hydrogen) atoms. The first-order valence-electron chi connectivity index (χ1n) is 11.3. The Kier molecular flexibility index (Phi) is 8.11. The fourth-order valence-electron chi connectivity index (χ4n) is 4.00. The highest BCUT2D eigenvalue weighted by atomic mass is 79.9. The lowest BCUT2D eigenvalue weighted by Crippen LogP contribution is -2.37. The summed E-state index contributed by atoms with van der Waals surface area (Å²) >= 11 is 3.41. The third-order valence-electron chi connectivity index (χ3n) is 5.93. The standard InChI is InChI=1S/C25H25BrN4O6/c1-34-24(32)17-11-18(25(33)35-2)13-20(12-17)27-23(31)16-7-9-30(10-8-16)14-21-28-22(29-36-21)15-3-5-19(26)6-4-15/h3-6,11-13,16H,7-10,14H2,1-2H3,(H,27,31). The Morgan fingerprint density at radius 3 is 2.22 bits per heavy atom. The van der Waals surface area contributed by atoms with Crippen molar-refractivity contribution in [3.05, 3.63) is 64.0 Å². The summed E-state index contributed by atoms with van der Waals surface area (Å²) in [6.07, 6.45) is 1.28. The van der Waals surface area contributed by atoms with Gasteiger partial charge in [0.05, 0.1) is 31.9 Å². The molecule has 0 radical (unpaired) electrons. The number of hydrogen-bond donors (Lipinski definition) is 1. The zero-order valence-corrected chi connectivity index (χ0v) is 21.4. The number of halogens is 1. The Balaban J connectivity index is 1.34. The minimum Gasteiger partial charge on any atom is -0.465 e. The normalized spacial score (nSPS) is 14.3. The van der Waals surface area contributed by atoms with E-state index in [1.54, 1.807) is 0 Å². The van der Waals surface area contributed by atoms with E-state index in [2.05, 4.69) is 36.3 Å². The number of methoxy groups -OCH3 is 2. The van der Waals surface area contributed by atoms with Gasteiger partial charge >= 0.3 is 11.9 Å². The average Bonchev–Trinajstić information content (AvgIpc) is 3.36. The lowest BCUT2D eigenvalue weighted by molar-refractivity contribution is -0.121. The van der Waals surface area contributed by atoms with E-state index in [1.165, 1.54) is 32.4 Å². The molecule has 0 saturated carbocycles. The number of carbonyl (C=O) groups excluding carboxylic acids is 3. The molecule has 1 fully saturated rings. The first kappa shape index (κ1) is 25.5. The maximum atomic E-state index is 12.9. The first-order valence-corrected chi connectivity index (χ1v) is 12.1. The molecule has 1 saturated heterocycles. The Hall–Kier alpha value is -3.57. The van der Waals surface area contributed by atoms with Gasteiger partial charge in [0.15, 0.2) is 0 Å². The minimum absolute atomic E-state index is 0.146. The number of esters is 2. The molecule has 1 N–H and O–H groups in total. The second-order valence-electron chi connectivity index (χ2n) is 8.34. The smallest absolute Gasteiger partial charge is 0.337 e. The number of hydrogen-bond acceptors (Lipinski definition) is 9. The molecule has 1 aliphatic rings. The van der Waals surface area contributed by atoms with E-state index in [0.717, 1.165) is 10.0 Å². The number of nitrogens with one attached hydrogen (secondary N) is 1. The van der Waals surface area contributed by atoms with Gasteiger partial charge in [-0.25, -0.2) is 9.59 Å². The summed E-state index contributed by atoms with van der Waals surface area (Å²) < 4.78 is 15.9. The van der Waals surface area contributed by atoms with Gasteiger partial charge in [-0.3, -0.25) is 9.69 Å². The fourth-order valence-corrected chi connectivity index (χ4v) is 4.26. The van der Waals surface area contributed by atoms with Crippen LogP contribution < -0.4 is 5.32 Å². The molecule has 11 heteroatoms. The molecule has 0 aliphatic carbocycles. The quantitative estimate of drug-likeness (QED) is 0.431. The van der Waals surface area contributed by atoms with Crippen LogP contribution >= 0.6 is 15.9 Å². The van der Waals surface area contributed by atoms with Gasteiger partial charge in [0, 0.05) is 21.6 Å². The van der Waals surface area contributed by atoms with E-state index in [1.807, 2.05) is 24.3 Å². The van der Waals surface area contributed by atoms with E-state index in [4.69, 9.17) is 14.0 Å². The summed E-state index contributed by atoms with van der Waals surface area (Å²) in [6.45, 7) is 1.87. The van der Waals surface area contributed by atoms with Gasteiger partial charge in [0.1, 0.15) is 0 Å². The van der Waals surface area contributed by atoms with Crippen LogP contribution in [0.5, 0.6) is 0 Å². The summed E-state index contributed by atoms with van der Waals surface area (Å²) in [4.78, 5) is 43.5. The topological polar surface area (TPSA) is 124 Å². The highest BCUT2D eigenvalue weighted by Gasteiger charge is 2.27. The molecular weight excluding hydrogens is 532 g/mol. The number of aromatic nitrogens is 2. The number of amides is 1. The zero-order chi connectivity index (χ0) is 25.7. The van der Waals surface area contributed by atoms with Gasteiger partial charge in [-0.15, -0.1) is 0 Å². The van der Waals surface area contributed by atoms with Crippen LogP contribution in [0.15, 0.2) is 51.5 Å². The van der Waals surface area contributed by atoms with Crippen LogP contribution in [0.4, 0.5) is 5.69 Å². The van der Waals surface area contributed by atoms with E-state index >= 15 is 0 Å². The Bertz CT molecular complexity index is 1220. The summed E-state index contributed by atoms with van der Waals surface area (Å²) in [5.74, 6) is -0.575. The molecule has 1 aromatic heterocycles. The number of nitrogens with zero attached hydrogens (tertiary/aromatic N) is 3. The molecule has 1 aliphatic heterocycles. The van der Waals surface area contributed by atoms with Gasteiger partial charge in [-0.1, -0.05) is 21.1 Å². The largest absolute Gasteiger partial charge is 0.465 e. The molecule has 0 spiro atoms. The van der Waals surface area contributed by atoms with Crippen molar-refractivity contribution in [1.82, 2.24) is 15.0 Å². The molecule has 188 valence electrons. The molecule has 0 bridgehead atoms. The molecule has 10 nitrogen and oxygen atoms in total. The number of piperidine rings is 1. The second kappa shape index (κ2) is 11.4. The van der Waals surface area contributed by atoms with Crippen LogP contribution in [0.25, 0.3) is 11.4 Å². The number of ether oxygens (including phenoxy) is 2. The van der Waals surface area contributed by atoms with Gasteiger partial charge in [-0.05, 0) is 68.4 Å². The molecule has 0 unspecified atom stereocenters. The fraction of sp³-hybridized carbons (Fsp3) is 0.320. The summed E-state index contributed by atoms with van der Waals surface area (Å²) in [5.41, 5.74) is 1.49. The van der Waals surface area contributed by atoms with Crippen LogP contribution in [-0.4, -0.2) is 60.2 Å². The lowest BCUT2D eigenvalue weighted by atomic mass is 9.95. The van der Waals surface area contributed by atoms with Crippen molar-refractivity contribution in [2.24, 2.45) is 5.92 Å². The Morgan fingerprint density at radius 1 is 1.03 bits per heavy atom. The van der Waals surface area contributed by atoms with Gasteiger partial charge in [0.2, 0.25) is 17.6 Å². The van der Waals surface area contributed by atoms with E-state index in [-0.39, 0.29) is 23.0 Å². The van der Waals surface area contributed by atoms with Crippen molar-refractivity contribution in [1.29, 1.82) is 0 Å². The first-order chi connectivity index (χ1) is 17.4. The lowest BCUT2D eigenvalue weighted by Gasteiger charge is -2.30. The number of anilines is 1. The maximum absolute atomic E-state index is 12.9. The summed E-state index contributed by atoms with van der Waals surface area (Å²) in [7, 11) is 2.49. The molecular formula is C25H25BrN4O6. The predicted molar refractivity (Wildman–Crippen MR) is 133 cm³/mol. The van der Waals surface area contributed by atoms with Crippen LogP contribution in [-0.2, 0) is 20.8 Å². The number of rotatable bonds is 7. The van der Waals surface area contributed by atoms with E-state index < -0.39 is 11.9 Å². The molecule has 4 rings (SSSR count). The molecule has 0 atom stereocenters. The average molecular weight is 557 g/mol. The number of benzene rings is 2. The third kappa shape index (κ3) is 6.16. The van der Waals surface area contributed by atoms with Crippen molar-refractivity contribution in [3.8, 4) is 11.4 Å². The van der Waals surface area contributed by atoms with Gasteiger partial charge in [-0.2, -0.15) is 4.98 Å². The Labute approximate surface area is 216 Å². The van der Waals surface area contributed by atoms with Gasteiger partial charge in [0.25, 0.3) is 0 Å². The molecule has 3 aromatic rings. The van der Waals surface area contributed by atoms with E-state index in [9.17, 15) is 14.4 Å². The molecule has 2 aromatic carbocycles. The molecule has 1 amide bonds. The van der Waals surface area contributed by atoms with Crippen molar-refractivity contribution in [3.63, 3.8) is 0 Å². The zero-order valence-electron chi connectivity index (χ0n) is 19.8. The minimum atomic E-state index is -0.617. The van der Waals surface area contributed by atoms with Crippen molar-refractivity contribution in [2.75, 3.05) is 32.6 Å². The monoisotopic (exact) mass is 556 g/mol. The highest BCUT2D eigenvalue weighted by Crippen LogP contribution is 2.24. The SMILES string of the molecule is COC(=O)c1cc(NC(=O)C2CCN(Cc3nc(-c4ccc(Br)cc4)no3)CC2)cc(C(=O)OC)c1. The van der Waals surface area contributed by atoms with Crippen LogP contribution in [0.1, 0.15) is 39.4 Å².